The van der Waals surface area contributed by atoms with Crippen LogP contribution >= 0.6 is 15.9 Å². The van der Waals surface area contributed by atoms with Gasteiger partial charge in [-0.05, 0) is 12.8 Å². The van der Waals surface area contributed by atoms with E-state index in [1.165, 1.54) is 0 Å². The SMILES string of the molecule is OCCCCCCCCC(Br)CC(F)F. The van der Waals surface area contributed by atoms with E-state index in [4.69, 9.17) is 5.11 Å². The van der Waals surface area contributed by atoms with Crippen LogP contribution in [0.3, 0.4) is 0 Å². The normalized spacial score (nSPS) is 13.4. The summed E-state index contributed by atoms with van der Waals surface area (Å²) in [5, 5.41) is 8.55. The fourth-order valence-electron chi connectivity index (χ4n) is 1.50. The Morgan fingerprint density at radius 1 is 0.933 bits per heavy atom. The van der Waals surface area contributed by atoms with Crippen LogP contribution in [0.5, 0.6) is 0 Å². The van der Waals surface area contributed by atoms with Crippen molar-refractivity contribution in [2.24, 2.45) is 0 Å². The monoisotopic (exact) mass is 286 g/mol. The van der Waals surface area contributed by atoms with Gasteiger partial charge >= 0.3 is 0 Å². The highest BCUT2D eigenvalue weighted by Crippen LogP contribution is 2.19. The minimum Gasteiger partial charge on any atom is -0.396 e. The number of aliphatic hydroxyl groups is 1. The molecule has 0 aromatic heterocycles. The van der Waals surface area contributed by atoms with Crippen LogP contribution in [0.2, 0.25) is 0 Å². The lowest BCUT2D eigenvalue weighted by Gasteiger charge is -2.08. The molecule has 0 heterocycles. The van der Waals surface area contributed by atoms with Crippen molar-refractivity contribution in [3.05, 3.63) is 0 Å². The van der Waals surface area contributed by atoms with Crippen molar-refractivity contribution in [2.75, 3.05) is 6.61 Å². The lowest BCUT2D eigenvalue weighted by Crippen LogP contribution is -2.04. The standard InChI is InChI=1S/C11H21BrF2O/c12-10(9-11(13)14)7-5-3-1-2-4-6-8-15/h10-11,15H,1-9H2. The summed E-state index contributed by atoms with van der Waals surface area (Å²) in [5.74, 6) is 0. The highest BCUT2D eigenvalue weighted by atomic mass is 79.9. The number of aliphatic hydroxyl groups excluding tert-OH is 1. The van der Waals surface area contributed by atoms with Crippen LogP contribution in [0, 0.1) is 0 Å². The number of rotatable bonds is 10. The molecule has 1 unspecified atom stereocenters. The van der Waals surface area contributed by atoms with Crippen LogP contribution in [-0.4, -0.2) is 23.0 Å². The first-order valence-electron chi connectivity index (χ1n) is 5.70. The maximum Gasteiger partial charge on any atom is 0.239 e. The molecule has 0 fully saturated rings. The molecule has 0 saturated carbocycles. The fraction of sp³-hybridized carbons (Fsp3) is 1.00. The van der Waals surface area contributed by atoms with Crippen molar-refractivity contribution in [1.82, 2.24) is 0 Å². The molecular weight excluding hydrogens is 266 g/mol. The molecular formula is C11H21BrF2O. The van der Waals surface area contributed by atoms with E-state index in [9.17, 15) is 8.78 Å². The van der Waals surface area contributed by atoms with Crippen LogP contribution in [0.15, 0.2) is 0 Å². The summed E-state index contributed by atoms with van der Waals surface area (Å²) >= 11 is 3.26. The van der Waals surface area contributed by atoms with Gasteiger partial charge in [0.1, 0.15) is 0 Å². The molecule has 15 heavy (non-hydrogen) atoms. The zero-order valence-electron chi connectivity index (χ0n) is 9.10. The predicted molar refractivity (Wildman–Crippen MR) is 62.7 cm³/mol. The highest BCUT2D eigenvalue weighted by molar-refractivity contribution is 9.09. The third-order valence-corrected chi connectivity index (χ3v) is 3.19. The molecule has 0 bridgehead atoms. The topological polar surface area (TPSA) is 20.2 Å². The second-order valence-electron chi connectivity index (χ2n) is 3.86. The molecule has 0 aromatic carbocycles. The van der Waals surface area contributed by atoms with Gasteiger partial charge < -0.3 is 5.11 Å². The van der Waals surface area contributed by atoms with E-state index in [0.717, 1.165) is 44.9 Å². The van der Waals surface area contributed by atoms with Gasteiger partial charge in [0.05, 0.1) is 0 Å². The van der Waals surface area contributed by atoms with Crippen LogP contribution in [0.1, 0.15) is 51.4 Å². The van der Waals surface area contributed by atoms with Gasteiger partial charge in [-0.3, -0.25) is 0 Å². The first-order valence-corrected chi connectivity index (χ1v) is 6.61. The quantitative estimate of drug-likeness (QED) is 0.473. The smallest absolute Gasteiger partial charge is 0.239 e. The van der Waals surface area contributed by atoms with E-state index >= 15 is 0 Å². The molecule has 0 aromatic rings. The minimum atomic E-state index is -2.20. The van der Waals surface area contributed by atoms with Gasteiger partial charge in [0.15, 0.2) is 0 Å². The number of hydrogen-bond donors (Lipinski definition) is 1. The van der Waals surface area contributed by atoms with Gasteiger partial charge in [0, 0.05) is 17.9 Å². The Bertz CT molecular complexity index is 134. The van der Waals surface area contributed by atoms with Gasteiger partial charge in [-0.15, -0.1) is 0 Å². The average molecular weight is 287 g/mol. The zero-order chi connectivity index (χ0) is 11.5. The second kappa shape index (κ2) is 10.8. The summed E-state index contributed by atoms with van der Waals surface area (Å²) in [6, 6.07) is 0. The van der Waals surface area contributed by atoms with E-state index < -0.39 is 6.43 Å². The fourth-order valence-corrected chi connectivity index (χ4v) is 2.10. The van der Waals surface area contributed by atoms with Crippen molar-refractivity contribution < 1.29 is 13.9 Å². The summed E-state index contributed by atoms with van der Waals surface area (Å²) in [6.45, 7) is 0.276. The number of hydrogen-bond acceptors (Lipinski definition) is 1. The van der Waals surface area contributed by atoms with Gasteiger partial charge in [-0.25, -0.2) is 8.78 Å². The molecule has 0 spiro atoms. The average Bonchev–Trinajstić information content (AvgIpc) is 2.15. The Labute approximate surface area is 99.4 Å². The van der Waals surface area contributed by atoms with Crippen LogP contribution in [0.25, 0.3) is 0 Å². The van der Waals surface area contributed by atoms with Crippen molar-refractivity contribution in [2.45, 2.75) is 62.6 Å². The molecule has 0 saturated heterocycles. The molecule has 1 atom stereocenters. The summed E-state index contributed by atoms with van der Waals surface area (Å²) in [5.41, 5.74) is 0. The molecule has 0 aliphatic carbocycles. The van der Waals surface area contributed by atoms with Gasteiger partial charge in [-0.1, -0.05) is 48.0 Å². The minimum absolute atomic E-state index is 0.0325. The maximum atomic E-state index is 11.9. The Balaban J connectivity index is 3.09. The van der Waals surface area contributed by atoms with E-state index in [-0.39, 0.29) is 17.9 Å². The van der Waals surface area contributed by atoms with Crippen LogP contribution in [-0.2, 0) is 0 Å². The molecule has 0 aliphatic rings. The second-order valence-corrected chi connectivity index (χ2v) is 5.15. The van der Waals surface area contributed by atoms with E-state index in [1.807, 2.05) is 0 Å². The first kappa shape index (κ1) is 15.3. The Morgan fingerprint density at radius 2 is 1.47 bits per heavy atom. The van der Waals surface area contributed by atoms with Crippen molar-refractivity contribution in [3.8, 4) is 0 Å². The lowest BCUT2D eigenvalue weighted by atomic mass is 10.1. The highest BCUT2D eigenvalue weighted by Gasteiger charge is 2.10. The lowest BCUT2D eigenvalue weighted by molar-refractivity contribution is 0.136. The van der Waals surface area contributed by atoms with Gasteiger partial charge in [0.25, 0.3) is 0 Å². The largest absolute Gasteiger partial charge is 0.396 e. The summed E-state index contributed by atoms with van der Waals surface area (Å²) in [7, 11) is 0. The summed E-state index contributed by atoms with van der Waals surface area (Å²) in [6.07, 6.45) is 4.97. The van der Waals surface area contributed by atoms with E-state index in [0.29, 0.717) is 0 Å². The molecule has 0 aliphatic heterocycles. The Morgan fingerprint density at radius 3 is 2.00 bits per heavy atom. The van der Waals surface area contributed by atoms with Crippen molar-refractivity contribution >= 4 is 15.9 Å². The van der Waals surface area contributed by atoms with Gasteiger partial charge in [-0.2, -0.15) is 0 Å². The number of unbranched alkanes of at least 4 members (excludes halogenated alkanes) is 5. The third kappa shape index (κ3) is 12.2. The first-order chi connectivity index (χ1) is 7.16. The number of alkyl halides is 3. The maximum absolute atomic E-state index is 11.9. The molecule has 1 N–H and O–H groups in total. The zero-order valence-corrected chi connectivity index (χ0v) is 10.7. The van der Waals surface area contributed by atoms with Crippen molar-refractivity contribution in [3.63, 3.8) is 0 Å². The number of halogens is 3. The molecule has 0 amide bonds. The van der Waals surface area contributed by atoms with Crippen LogP contribution < -0.4 is 0 Å². The third-order valence-electron chi connectivity index (χ3n) is 2.36. The molecule has 92 valence electrons. The van der Waals surface area contributed by atoms with E-state index in [2.05, 4.69) is 15.9 Å². The molecule has 0 rings (SSSR count). The van der Waals surface area contributed by atoms with Crippen molar-refractivity contribution in [1.29, 1.82) is 0 Å². The summed E-state index contributed by atoms with van der Waals surface area (Å²) in [4.78, 5) is -0.0325. The van der Waals surface area contributed by atoms with Crippen LogP contribution in [0.4, 0.5) is 8.78 Å². The van der Waals surface area contributed by atoms with E-state index in [1.54, 1.807) is 0 Å². The molecule has 4 heteroatoms. The molecule has 1 nitrogen and oxygen atoms in total. The summed E-state index contributed by atoms with van der Waals surface area (Å²) < 4.78 is 23.9. The Hall–Kier alpha value is 0.300. The Kier molecular flexibility index (Phi) is 11.0. The molecule has 0 radical (unpaired) electrons. The van der Waals surface area contributed by atoms with Gasteiger partial charge in [0.2, 0.25) is 6.43 Å². The predicted octanol–water partition coefficient (Wildman–Crippen LogP) is 4.13.